The number of carbonyl (C=O) groups is 1. The Balaban J connectivity index is 1.66. The van der Waals surface area contributed by atoms with Crippen LogP contribution in [0.5, 0.6) is 0 Å². The number of hydrogen-bond donors (Lipinski definition) is 2. The predicted molar refractivity (Wildman–Crippen MR) is 84.1 cm³/mol. The second kappa shape index (κ2) is 6.27. The molecule has 21 heavy (non-hydrogen) atoms. The summed E-state index contributed by atoms with van der Waals surface area (Å²) in [7, 11) is 0. The molecule has 3 nitrogen and oxygen atoms in total. The first-order valence-corrected chi connectivity index (χ1v) is 7.66. The zero-order chi connectivity index (χ0) is 14.7. The van der Waals surface area contributed by atoms with E-state index in [0.717, 1.165) is 36.6 Å². The maximum atomic E-state index is 12.2. The van der Waals surface area contributed by atoms with Crippen LogP contribution < -0.4 is 5.32 Å². The second-order valence-corrected chi connectivity index (χ2v) is 5.89. The van der Waals surface area contributed by atoms with Crippen LogP contribution in [0.4, 0.5) is 0 Å². The molecule has 2 N–H and O–H groups in total. The van der Waals surface area contributed by atoms with E-state index < -0.39 is 0 Å². The van der Waals surface area contributed by atoms with Crippen molar-refractivity contribution in [3.05, 3.63) is 48.0 Å². The molecule has 0 bridgehead atoms. The van der Waals surface area contributed by atoms with E-state index in [1.54, 1.807) is 0 Å². The minimum atomic E-state index is -0.184. The summed E-state index contributed by atoms with van der Waals surface area (Å²) in [4.78, 5) is 12.2. The third-order valence-corrected chi connectivity index (χ3v) is 4.29. The zero-order valence-electron chi connectivity index (χ0n) is 12.1. The van der Waals surface area contributed by atoms with E-state index in [1.165, 1.54) is 5.39 Å². The van der Waals surface area contributed by atoms with Gasteiger partial charge in [-0.15, -0.1) is 0 Å². The van der Waals surface area contributed by atoms with E-state index in [9.17, 15) is 9.90 Å². The number of hydrogen-bond acceptors (Lipinski definition) is 2. The first-order chi connectivity index (χ1) is 10.2. The lowest BCUT2D eigenvalue weighted by Gasteiger charge is -2.26. The highest BCUT2D eigenvalue weighted by Crippen LogP contribution is 2.20. The zero-order valence-corrected chi connectivity index (χ0v) is 12.1. The summed E-state index contributed by atoms with van der Waals surface area (Å²) in [5.74, 6) is 0.0766. The topological polar surface area (TPSA) is 49.3 Å². The number of aliphatic hydroxyl groups excluding tert-OH is 1. The third-order valence-electron chi connectivity index (χ3n) is 4.29. The smallest absolute Gasteiger partial charge is 0.224 e. The van der Waals surface area contributed by atoms with E-state index in [0.29, 0.717) is 6.42 Å². The summed E-state index contributed by atoms with van der Waals surface area (Å²) in [6, 6.07) is 14.5. The fraction of sp³-hybridized carbons (Fsp3) is 0.389. The van der Waals surface area contributed by atoms with E-state index in [4.69, 9.17) is 0 Å². The van der Waals surface area contributed by atoms with Crippen molar-refractivity contribution in [2.45, 2.75) is 44.2 Å². The summed E-state index contributed by atoms with van der Waals surface area (Å²) in [6.45, 7) is 0. The van der Waals surface area contributed by atoms with Crippen LogP contribution >= 0.6 is 0 Å². The van der Waals surface area contributed by atoms with Crippen molar-refractivity contribution in [2.75, 3.05) is 0 Å². The Morgan fingerprint density at radius 1 is 1.05 bits per heavy atom. The number of fused-ring (bicyclic) bond motifs is 1. The van der Waals surface area contributed by atoms with Gasteiger partial charge in [0.25, 0.3) is 0 Å². The Labute approximate surface area is 125 Å². The van der Waals surface area contributed by atoms with Crippen molar-refractivity contribution in [3.8, 4) is 0 Å². The van der Waals surface area contributed by atoms with Crippen molar-refractivity contribution in [3.63, 3.8) is 0 Å². The van der Waals surface area contributed by atoms with Gasteiger partial charge in [-0.1, -0.05) is 42.5 Å². The molecule has 1 aliphatic rings. The summed E-state index contributed by atoms with van der Waals surface area (Å²) in [5.41, 5.74) is 1.07. The van der Waals surface area contributed by atoms with Crippen molar-refractivity contribution < 1.29 is 9.90 Å². The van der Waals surface area contributed by atoms with Gasteiger partial charge in [0.15, 0.2) is 0 Å². The van der Waals surface area contributed by atoms with E-state index in [-0.39, 0.29) is 18.1 Å². The quantitative estimate of drug-likeness (QED) is 0.910. The minimum absolute atomic E-state index is 0.0766. The van der Waals surface area contributed by atoms with Crippen LogP contribution in [-0.2, 0) is 11.2 Å². The van der Waals surface area contributed by atoms with Crippen LogP contribution in [0, 0.1) is 0 Å². The molecule has 0 radical (unpaired) electrons. The highest BCUT2D eigenvalue weighted by Gasteiger charge is 2.20. The summed E-state index contributed by atoms with van der Waals surface area (Å²) >= 11 is 0. The van der Waals surface area contributed by atoms with Crippen molar-refractivity contribution >= 4 is 16.7 Å². The first-order valence-electron chi connectivity index (χ1n) is 7.66. The van der Waals surface area contributed by atoms with Gasteiger partial charge >= 0.3 is 0 Å². The first kappa shape index (κ1) is 14.1. The Bertz CT molecular complexity index is 625. The Morgan fingerprint density at radius 2 is 1.76 bits per heavy atom. The van der Waals surface area contributed by atoms with Gasteiger partial charge in [0, 0.05) is 6.04 Å². The van der Waals surface area contributed by atoms with E-state index >= 15 is 0 Å². The summed E-state index contributed by atoms with van der Waals surface area (Å²) in [6.07, 6.45) is 3.57. The van der Waals surface area contributed by atoms with E-state index in [1.807, 2.05) is 24.3 Å². The minimum Gasteiger partial charge on any atom is -0.393 e. The molecule has 1 aliphatic carbocycles. The molecule has 0 spiro atoms. The normalized spacial score (nSPS) is 22.1. The number of aliphatic hydroxyl groups is 1. The molecule has 0 unspecified atom stereocenters. The van der Waals surface area contributed by atoms with E-state index in [2.05, 4.69) is 23.5 Å². The number of carbonyl (C=O) groups excluding carboxylic acids is 1. The molecule has 110 valence electrons. The summed E-state index contributed by atoms with van der Waals surface area (Å²) in [5, 5.41) is 14.9. The maximum Gasteiger partial charge on any atom is 0.224 e. The largest absolute Gasteiger partial charge is 0.393 e. The van der Waals surface area contributed by atoms with Gasteiger partial charge < -0.3 is 10.4 Å². The Hall–Kier alpha value is -1.87. The van der Waals surface area contributed by atoms with Gasteiger partial charge in [-0.25, -0.2) is 0 Å². The lowest BCUT2D eigenvalue weighted by molar-refractivity contribution is -0.121. The molecule has 0 aliphatic heterocycles. The molecule has 1 saturated carbocycles. The molecule has 3 heteroatoms. The van der Waals surface area contributed by atoms with Gasteiger partial charge in [0.2, 0.25) is 5.91 Å². The van der Waals surface area contributed by atoms with Crippen LogP contribution in [0.25, 0.3) is 10.8 Å². The average molecular weight is 283 g/mol. The predicted octanol–water partition coefficient (Wildman–Crippen LogP) is 2.80. The SMILES string of the molecule is O=C(Cc1cccc2ccccc12)NC1CCC(O)CC1. The lowest BCUT2D eigenvalue weighted by atomic mass is 9.93. The highest BCUT2D eigenvalue weighted by molar-refractivity contribution is 5.90. The Morgan fingerprint density at radius 3 is 2.57 bits per heavy atom. The number of nitrogens with one attached hydrogen (secondary N) is 1. The average Bonchev–Trinajstić information content (AvgIpc) is 2.50. The second-order valence-electron chi connectivity index (χ2n) is 5.89. The van der Waals surface area contributed by atoms with Crippen LogP contribution in [0.2, 0.25) is 0 Å². The molecule has 3 rings (SSSR count). The summed E-state index contributed by atoms with van der Waals surface area (Å²) < 4.78 is 0. The molecule has 1 amide bonds. The molecular formula is C18H21NO2. The molecule has 2 aromatic rings. The molecular weight excluding hydrogens is 262 g/mol. The standard InChI is InChI=1S/C18H21NO2/c20-16-10-8-15(9-11-16)19-18(21)12-14-6-3-5-13-4-1-2-7-17(13)14/h1-7,15-16,20H,8-12H2,(H,19,21). The van der Waals surface area contributed by atoms with Gasteiger partial charge in [0.05, 0.1) is 12.5 Å². The van der Waals surface area contributed by atoms with Gasteiger partial charge in [-0.3, -0.25) is 4.79 Å². The maximum absolute atomic E-state index is 12.2. The molecule has 1 fully saturated rings. The van der Waals surface area contributed by atoms with Crippen LogP contribution in [-0.4, -0.2) is 23.2 Å². The molecule has 0 atom stereocenters. The van der Waals surface area contributed by atoms with Gasteiger partial charge in [-0.05, 0) is 42.0 Å². The fourth-order valence-electron chi connectivity index (χ4n) is 3.12. The number of rotatable bonds is 3. The van der Waals surface area contributed by atoms with Crippen molar-refractivity contribution in [2.24, 2.45) is 0 Å². The monoisotopic (exact) mass is 283 g/mol. The van der Waals surface area contributed by atoms with Crippen LogP contribution in [0.15, 0.2) is 42.5 Å². The Kier molecular flexibility index (Phi) is 4.20. The third kappa shape index (κ3) is 3.42. The van der Waals surface area contributed by atoms with Crippen LogP contribution in [0.3, 0.4) is 0 Å². The molecule has 0 aromatic heterocycles. The van der Waals surface area contributed by atoms with Crippen molar-refractivity contribution in [1.29, 1.82) is 0 Å². The molecule has 2 aromatic carbocycles. The lowest BCUT2D eigenvalue weighted by Crippen LogP contribution is -2.39. The van der Waals surface area contributed by atoms with Crippen molar-refractivity contribution in [1.82, 2.24) is 5.32 Å². The highest BCUT2D eigenvalue weighted by atomic mass is 16.3. The fourth-order valence-corrected chi connectivity index (χ4v) is 3.12. The number of benzene rings is 2. The van der Waals surface area contributed by atoms with Gasteiger partial charge in [0.1, 0.15) is 0 Å². The van der Waals surface area contributed by atoms with Crippen LogP contribution in [0.1, 0.15) is 31.2 Å². The number of amides is 1. The molecule has 0 saturated heterocycles. The molecule has 0 heterocycles. The van der Waals surface area contributed by atoms with Gasteiger partial charge in [-0.2, -0.15) is 0 Å².